The zero-order valence-corrected chi connectivity index (χ0v) is 13.2. The molecule has 1 N–H and O–H groups in total. The fourth-order valence-corrected chi connectivity index (χ4v) is 2.51. The Hall–Kier alpha value is -1.48. The number of nitrogens with zero attached hydrogens (tertiary/aromatic N) is 1. The first-order chi connectivity index (χ1) is 9.06. The summed E-state index contributed by atoms with van der Waals surface area (Å²) in [5.74, 6) is 0. The van der Waals surface area contributed by atoms with E-state index in [0.717, 1.165) is 16.7 Å². The molecule has 100 valence electrons. The predicted octanol–water partition coefficient (Wildman–Crippen LogP) is 4.44. The Balaban J connectivity index is 2.02. The van der Waals surface area contributed by atoms with Crippen molar-refractivity contribution in [3.63, 3.8) is 0 Å². The summed E-state index contributed by atoms with van der Waals surface area (Å²) in [4.78, 5) is 2.10. The van der Waals surface area contributed by atoms with Crippen molar-refractivity contribution in [1.82, 2.24) is 0 Å². The van der Waals surface area contributed by atoms with Crippen molar-refractivity contribution >= 4 is 27.3 Å². The van der Waals surface area contributed by atoms with E-state index in [2.05, 4.69) is 89.6 Å². The van der Waals surface area contributed by atoms with Gasteiger partial charge in [-0.1, -0.05) is 18.2 Å². The fraction of sp³-hybridized carbons (Fsp3) is 0.250. The molecule has 0 saturated carbocycles. The van der Waals surface area contributed by atoms with Crippen LogP contribution in [0.1, 0.15) is 11.1 Å². The van der Waals surface area contributed by atoms with Gasteiger partial charge in [0.1, 0.15) is 0 Å². The third kappa shape index (κ3) is 3.74. The van der Waals surface area contributed by atoms with Gasteiger partial charge < -0.3 is 10.2 Å². The Morgan fingerprint density at radius 1 is 1.05 bits per heavy atom. The highest BCUT2D eigenvalue weighted by Gasteiger charge is 2.00. The van der Waals surface area contributed by atoms with Crippen molar-refractivity contribution in [3.05, 3.63) is 58.1 Å². The molecule has 0 bridgehead atoms. The fourth-order valence-electron chi connectivity index (χ4n) is 1.87. The predicted molar refractivity (Wildman–Crippen MR) is 87.0 cm³/mol. The molecule has 2 nitrogen and oxygen atoms in total. The van der Waals surface area contributed by atoms with E-state index in [1.165, 1.54) is 16.8 Å². The van der Waals surface area contributed by atoms with E-state index in [4.69, 9.17) is 0 Å². The number of anilines is 2. The molecule has 19 heavy (non-hydrogen) atoms. The van der Waals surface area contributed by atoms with Crippen LogP contribution < -0.4 is 10.2 Å². The van der Waals surface area contributed by atoms with E-state index in [1.54, 1.807) is 0 Å². The molecule has 0 aromatic heterocycles. The van der Waals surface area contributed by atoms with Crippen LogP contribution in [-0.2, 0) is 6.54 Å². The highest BCUT2D eigenvalue weighted by atomic mass is 79.9. The molecule has 0 radical (unpaired) electrons. The molecule has 0 unspecified atom stereocenters. The highest BCUT2D eigenvalue weighted by molar-refractivity contribution is 9.10. The zero-order chi connectivity index (χ0) is 13.8. The lowest BCUT2D eigenvalue weighted by Gasteiger charge is -2.13. The number of nitrogens with one attached hydrogen (secondary N) is 1. The molecule has 0 heterocycles. The van der Waals surface area contributed by atoms with Gasteiger partial charge in [0.2, 0.25) is 0 Å². The molecule has 0 aliphatic carbocycles. The summed E-state index contributed by atoms with van der Waals surface area (Å²) >= 11 is 3.58. The van der Waals surface area contributed by atoms with Gasteiger partial charge in [0.15, 0.2) is 0 Å². The summed E-state index contributed by atoms with van der Waals surface area (Å²) < 4.78 is 1.11. The Morgan fingerprint density at radius 2 is 1.74 bits per heavy atom. The van der Waals surface area contributed by atoms with Crippen LogP contribution in [-0.4, -0.2) is 14.1 Å². The van der Waals surface area contributed by atoms with E-state index in [9.17, 15) is 0 Å². The third-order valence-electron chi connectivity index (χ3n) is 3.06. The van der Waals surface area contributed by atoms with Crippen molar-refractivity contribution in [2.75, 3.05) is 24.3 Å². The molecular weight excluding hydrogens is 300 g/mol. The topological polar surface area (TPSA) is 15.3 Å². The molecular formula is C16H19BrN2. The molecule has 0 aliphatic heterocycles. The van der Waals surface area contributed by atoms with Gasteiger partial charge in [-0.15, -0.1) is 0 Å². The van der Waals surface area contributed by atoms with Gasteiger partial charge in [0, 0.05) is 36.5 Å². The molecule has 0 amide bonds. The molecule has 0 saturated heterocycles. The molecule has 2 rings (SSSR count). The monoisotopic (exact) mass is 318 g/mol. The minimum absolute atomic E-state index is 0.829. The molecule has 0 atom stereocenters. The molecule has 0 fully saturated rings. The number of rotatable bonds is 4. The van der Waals surface area contributed by atoms with Crippen molar-refractivity contribution in [1.29, 1.82) is 0 Å². The standard InChI is InChI=1S/C16H19BrN2/c1-12-4-9-16(15(17)10-12)18-11-13-5-7-14(8-6-13)19(2)3/h4-10,18H,11H2,1-3H3. The average molecular weight is 319 g/mol. The zero-order valence-electron chi connectivity index (χ0n) is 11.6. The van der Waals surface area contributed by atoms with E-state index in [0.29, 0.717) is 0 Å². The van der Waals surface area contributed by atoms with Crippen LogP contribution in [0.5, 0.6) is 0 Å². The normalized spacial score (nSPS) is 10.3. The first-order valence-corrected chi connectivity index (χ1v) is 7.12. The van der Waals surface area contributed by atoms with E-state index in [1.807, 2.05) is 0 Å². The molecule has 2 aromatic carbocycles. The Morgan fingerprint density at radius 3 is 2.32 bits per heavy atom. The number of hydrogen-bond acceptors (Lipinski definition) is 2. The summed E-state index contributed by atoms with van der Waals surface area (Å²) in [5, 5.41) is 3.44. The van der Waals surface area contributed by atoms with Crippen molar-refractivity contribution in [2.45, 2.75) is 13.5 Å². The number of benzene rings is 2. The van der Waals surface area contributed by atoms with Gasteiger partial charge in [-0.05, 0) is 58.2 Å². The minimum Gasteiger partial charge on any atom is -0.380 e. The SMILES string of the molecule is Cc1ccc(NCc2ccc(N(C)C)cc2)c(Br)c1. The van der Waals surface area contributed by atoms with Crippen LogP contribution in [0.4, 0.5) is 11.4 Å². The molecule has 2 aromatic rings. The van der Waals surface area contributed by atoms with Gasteiger partial charge in [-0.25, -0.2) is 0 Å². The summed E-state index contributed by atoms with van der Waals surface area (Å²) in [7, 11) is 4.10. The maximum Gasteiger partial charge on any atom is 0.0487 e. The second-order valence-corrected chi connectivity index (χ2v) is 5.75. The van der Waals surface area contributed by atoms with Crippen molar-refractivity contribution < 1.29 is 0 Å². The second kappa shape index (κ2) is 6.11. The van der Waals surface area contributed by atoms with Gasteiger partial charge in [0.05, 0.1) is 0 Å². The van der Waals surface area contributed by atoms with Crippen LogP contribution in [0, 0.1) is 6.92 Å². The summed E-state index contributed by atoms with van der Waals surface area (Å²) in [6.45, 7) is 2.92. The van der Waals surface area contributed by atoms with Crippen molar-refractivity contribution in [3.8, 4) is 0 Å². The summed E-state index contributed by atoms with van der Waals surface area (Å²) in [6, 6.07) is 14.9. The summed E-state index contributed by atoms with van der Waals surface area (Å²) in [6.07, 6.45) is 0. The molecule has 3 heteroatoms. The average Bonchev–Trinajstić information content (AvgIpc) is 2.38. The molecule has 0 aliphatic rings. The highest BCUT2D eigenvalue weighted by Crippen LogP contribution is 2.24. The van der Waals surface area contributed by atoms with Gasteiger partial charge in [-0.3, -0.25) is 0 Å². The van der Waals surface area contributed by atoms with Gasteiger partial charge in [-0.2, -0.15) is 0 Å². The maximum absolute atomic E-state index is 3.58. The Kier molecular flexibility index (Phi) is 4.48. The smallest absolute Gasteiger partial charge is 0.0487 e. The minimum atomic E-state index is 0.829. The van der Waals surface area contributed by atoms with Crippen LogP contribution in [0.25, 0.3) is 0 Å². The number of halogens is 1. The second-order valence-electron chi connectivity index (χ2n) is 4.90. The van der Waals surface area contributed by atoms with Gasteiger partial charge in [0.25, 0.3) is 0 Å². The number of hydrogen-bond donors (Lipinski definition) is 1. The lowest BCUT2D eigenvalue weighted by Crippen LogP contribution is -2.08. The first-order valence-electron chi connectivity index (χ1n) is 6.32. The lowest BCUT2D eigenvalue weighted by atomic mass is 10.2. The third-order valence-corrected chi connectivity index (χ3v) is 3.72. The number of aryl methyl sites for hydroxylation is 1. The quantitative estimate of drug-likeness (QED) is 0.896. The van der Waals surface area contributed by atoms with Crippen LogP contribution in [0.2, 0.25) is 0 Å². The van der Waals surface area contributed by atoms with E-state index >= 15 is 0 Å². The largest absolute Gasteiger partial charge is 0.380 e. The maximum atomic E-state index is 3.58. The van der Waals surface area contributed by atoms with Gasteiger partial charge >= 0.3 is 0 Å². The lowest BCUT2D eigenvalue weighted by molar-refractivity contribution is 1.11. The van der Waals surface area contributed by atoms with Crippen LogP contribution in [0.3, 0.4) is 0 Å². The van der Waals surface area contributed by atoms with E-state index in [-0.39, 0.29) is 0 Å². The Labute approximate surface area is 123 Å². The molecule has 0 spiro atoms. The van der Waals surface area contributed by atoms with Crippen LogP contribution in [0.15, 0.2) is 46.9 Å². The Bertz CT molecular complexity index is 547. The first kappa shape index (κ1) is 13.9. The summed E-state index contributed by atoms with van der Waals surface area (Å²) in [5.41, 5.74) is 4.88. The van der Waals surface area contributed by atoms with Crippen LogP contribution >= 0.6 is 15.9 Å². The van der Waals surface area contributed by atoms with Crippen molar-refractivity contribution in [2.24, 2.45) is 0 Å². The van der Waals surface area contributed by atoms with E-state index < -0.39 is 0 Å².